The van der Waals surface area contributed by atoms with Gasteiger partial charge in [0.25, 0.3) is 11.5 Å². The first-order chi connectivity index (χ1) is 13.3. The number of aryl methyl sites for hydroxylation is 2. The zero-order valence-corrected chi connectivity index (χ0v) is 15.9. The zero-order valence-electron chi connectivity index (χ0n) is 15.9. The van der Waals surface area contributed by atoms with E-state index in [1.54, 1.807) is 19.2 Å². The van der Waals surface area contributed by atoms with Crippen molar-refractivity contribution in [1.29, 1.82) is 0 Å². The quantitative estimate of drug-likeness (QED) is 0.659. The lowest BCUT2D eigenvalue weighted by molar-refractivity contribution is -0.127. The predicted molar refractivity (Wildman–Crippen MR) is 105 cm³/mol. The molecule has 1 saturated heterocycles. The second-order valence-corrected chi connectivity index (χ2v) is 7.11. The molecule has 142 valence electrons. The smallest absolute Gasteiger partial charge is 0.282 e. The highest BCUT2D eigenvalue weighted by molar-refractivity contribution is 6.13. The maximum absolute atomic E-state index is 12.9. The van der Waals surface area contributed by atoms with Crippen molar-refractivity contribution in [2.45, 2.75) is 33.4 Å². The maximum atomic E-state index is 12.9. The summed E-state index contributed by atoms with van der Waals surface area (Å²) in [5, 5.41) is 0. The fourth-order valence-corrected chi connectivity index (χ4v) is 3.41. The Hall–Kier alpha value is -3.48. The second kappa shape index (κ2) is 6.60. The Bertz CT molecular complexity index is 1150. The first-order valence-electron chi connectivity index (χ1n) is 9.05. The van der Waals surface area contributed by atoms with Crippen molar-refractivity contribution in [3.63, 3.8) is 0 Å². The minimum absolute atomic E-state index is 0.0376. The summed E-state index contributed by atoms with van der Waals surface area (Å²) in [5.41, 5.74) is 3.34. The average Bonchev–Trinajstić information content (AvgIpc) is 2.86. The Morgan fingerprint density at radius 3 is 2.39 bits per heavy atom. The Kier molecular flexibility index (Phi) is 4.22. The van der Waals surface area contributed by atoms with Crippen LogP contribution in [0.3, 0.4) is 0 Å². The number of aromatic nitrogens is 2. The highest BCUT2D eigenvalue weighted by Gasteiger charge is 2.43. The summed E-state index contributed by atoms with van der Waals surface area (Å²) in [7, 11) is 0. The predicted octanol–water partition coefficient (Wildman–Crippen LogP) is 2.67. The van der Waals surface area contributed by atoms with Gasteiger partial charge in [0.05, 0.1) is 12.2 Å². The normalized spacial score (nSPS) is 17.0. The van der Waals surface area contributed by atoms with E-state index < -0.39 is 12.1 Å². The summed E-state index contributed by atoms with van der Waals surface area (Å²) < 4.78 is 1.44. The molecule has 1 unspecified atom stereocenters. The topological polar surface area (TPSA) is 75.0 Å². The van der Waals surface area contributed by atoms with Gasteiger partial charge in [-0.3, -0.25) is 23.8 Å². The van der Waals surface area contributed by atoms with Gasteiger partial charge in [-0.1, -0.05) is 17.7 Å². The van der Waals surface area contributed by atoms with Gasteiger partial charge in [0.15, 0.2) is 0 Å². The minimum Gasteiger partial charge on any atom is -0.282 e. The molecule has 7 nitrogen and oxygen atoms in total. The van der Waals surface area contributed by atoms with Crippen molar-refractivity contribution < 1.29 is 9.59 Å². The van der Waals surface area contributed by atoms with Crippen LogP contribution in [-0.4, -0.2) is 32.3 Å². The van der Waals surface area contributed by atoms with Gasteiger partial charge in [-0.25, -0.2) is 9.78 Å². The highest BCUT2D eigenvalue weighted by atomic mass is 16.2. The van der Waals surface area contributed by atoms with Gasteiger partial charge >= 0.3 is 6.03 Å². The Morgan fingerprint density at radius 1 is 0.964 bits per heavy atom. The van der Waals surface area contributed by atoms with Gasteiger partial charge in [-0.05, 0) is 50.6 Å². The van der Waals surface area contributed by atoms with Crippen LogP contribution in [0.5, 0.6) is 0 Å². The number of rotatable bonds is 3. The van der Waals surface area contributed by atoms with Gasteiger partial charge < -0.3 is 0 Å². The first-order valence-corrected chi connectivity index (χ1v) is 9.05. The van der Waals surface area contributed by atoms with Crippen LogP contribution in [0.15, 0.2) is 53.5 Å². The molecule has 1 aliphatic heterocycles. The van der Waals surface area contributed by atoms with Crippen LogP contribution in [-0.2, 0) is 11.3 Å². The summed E-state index contributed by atoms with van der Waals surface area (Å²) in [4.78, 5) is 45.1. The number of nitrogens with zero attached hydrogens (tertiary/aromatic N) is 4. The van der Waals surface area contributed by atoms with Crippen LogP contribution in [0, 0.1) is 13.8 Å². The molecule has 0 saturated carbocycles. The summed E-state index contributed by atoms with van der Waals surface area (Å²) in [6, 6.07) is 11.4. The molecule has 1 fully saturated rings. The largest absolute Gasteiger partial charge is 0.332 e. The molecule has 3 aromatic rings. The lowest BCUT2D eigenvalue weighted by atomic mass is 10.2. The Balaban J connectivity index is 1.67. The SMILES string of the molecule is Cc1ccc(N2C(=O)N(Cc3cc(=O)n4ccc(C)cc4n3)C(=O)C2C)cc1. The average molecular weight is 376 g/mol. The van der Waals surface area contributed by atoms with E-state index in [-0.39, 0.29) is 18.0 Å². The lowest BCUT2D eigenvalue weighted by Gasteiger charge is -2.19. The standard InChI is InChI=1S/C21H20N4O3/c1-13-4-6-17(7-5-13)25-15(3)20(27)24(21(25)28)12-16-11-19(26)23-9-8-14(2)10-18(23)22-16/h4-11,15H,12H2,1-3H3. The fourth-order valence-electron chi connectivity index (χ4n) is 3.41. The van der Waals surface area contributed by atoms with Gasteiger partial charge in [0, 0.05) is 18.0 Å². The molecule has 3 amide bonds. The van der Waals surface area contributed by atoms with Crippen molar-refractivity contribution in [3.8, 4) is 0 Å². The molecular formula is C21H20N4O3. The molecule has 0 spiro atoms. The zero-order chi connectivity index (χ0) is 20.0. The van der Waals surface area contributed by atoms with Gasteiger partial charge in [0.1, 0.15) is 11.7 Å². The van der Waals surface area contributed by atoms with E-state index in [1.165, 1.54) is 15.4 Å². The molecular weight excluding hydrogens is 356 g/mol. The molecule has 1 aromatic carbocycles. The van der Waals surface area contributed by atoms with Crippen LogP contribution >= 0.6 is 0 Å². The number of hydrogen-bond donors (Lipinski definition) is 0. The number of benzene rings is 1. The van der Waals surface area contributed by atoms with E-state index in [2.05, 4.69) is 4.98 Å². The number of carbonyl (C=O) groups is 2. The molecule has 0 aliphatic carbocycles. The van der Waals surface area contributed by atoms with Gasteiger partial charge in [-0.2, -0.15) is 0 Å². The van der Waals surface area contributed by atoms with Gasteiger partial charge in [-0.15, -0.1) is 0 Å². The third-order valence-corrected chi connectivity index (χ3v) is 4.96. The van der Waals surface area contributed by atoms with Crippen molar-refractivity contribution in [3.05, 3.63) is 75.8 Å². The van der Waals surface area contributed by atoms with E-state index in [9.17, 15) is 14.4 Å². The molecule has 0 radical (unpaired) electrons. The molecule has 0 bridgehead atoms. The number of imide groups is 1. The monoisotopic (exact) mass is 376 g/mol. The van der Waals surface area contributed by atoms with Gasteiger partial charge in [0.2, 0.25) is 0 Å². The summed E-state index contributed by atoms with van der Waals surface area (Å²) in [6.07, 6.45) is 1.66. The third kappa shape index (κ3) is 2.94. The van der Waals surface area contributed by atoms with Crippen molar-refractivity contribution in [2.24, 2.45) is 0 Å². The number of fused-ring (bicyclic) bond motifs is 1. The summed E-state index contributed by atoms with van der Waals surface area (Å²) >= 11 is 0. The number of carbonyl (C=O) groups excluding carboxylic acids is 2. The fraction of sp³-hybridized carbons (Fsp3) is 0.238. The molecule has 4 rings (SSSR count). The van der Waals surface area contributed by atoms with E-state index in [1.807, 2.05) is 44.2 Å². The van der Waals surface area contributed by atoms with Crippen LogP contribution in [0.2, 0.25) is 0 Å². The lowest BCUT2D eigenvalue weighted by Crippen LogP contribution is -2.34. The second-order valence-electron chi connectivity index (χ2n) is 7.11. The number of urea groups is 1. The minimum atomic E-state index is -0.612. The molecule has 3 heterocycles. The molecule has 1 atom stereocenters. The number of pyridine rings is 1. The summed E-state index contributed by atoms with van der Waals surface area (Å²) in [5.74, 6) is -0.309. The maximum Gasteiger partial charge on any atom is 0.332 e. The summed E-state index contributed by atoms with van der Waals surface area (Å²) in [6.45, 7) is 5.53. The van der Waals surface area contributed by atoms with Crippen LogP contribution in [0.1, 0.15) is 23.7 Å². The van der Waals surface area contributed by atoms with Crippen LogP contribution in [0.25, 0.3) is 5.65 Å². The third-order valence-electron chi connectivity index (χ3n) is 4.96. The molecule has 2 aromatic heterocycles. The van der Waals surface area contributed by atoms with Crippen molar-refractivity contribution in [1.82, 2.24) is 14.3 Å². The molecule has 0 N–H and O–H groups in total. The van der Waals surface area contributed by atoms with E-state index >= 15 is 0 Å². The molecule has 7 heteroatoms. The number of amides is 3. The van der Waals surface area contributed by atoms with E-state index in [0.717, 1.165) is 16.0 Å². The van der Waals surface area contributed by atoms with Crippen molar-refractivity contribution >= 4 is 23.3 Å². The number of anilines is 1. The Morgan fingerprint density at radius 2 is 1.68 bits per heavy atom. The van der Waals surface area contributed by atoms with Crippen LogP contribution in [0.4, 0.5) is 10.5 Å². The number of hydrogen-bond acceptors (Lipinski definition) is 4. The van der Waals surface area contributed by atoms with E-state index in [0.29, 0.717) is 17.0 Å². The highest BCUT2D eigenvalue weighted by Crippen LogP contribution is 2.27. The first kappa shape index (κ1) is 17.9. The van der Waals surface area contributed by atoms with Crippen LogP contribution < -0.4 is 10.5 Å². The van der Waals surface area contributed by atoms with Crippen molar-refractivity contribution in [2.75, 3.05) is 4.90 Å². The molecule has 28 heavy (non-hydrogen) atoms. The Labute approximate surface area is 161 Å². The molecule has 1 aliphatic rings. The van der Waals surface area contributed by atoms with E-state index in [4.69, 9.17) is 0 Å².